The summed E-state index contributed by atoms with van der Waals surface area (Å²) in [5.74, 6) is 0.668. The van der Waals surface area contributed by atoms with E-state index in [0.717, 1.165) is 13.1 Å². The van der Waals surface area contributed by atoms with Gasteiger partial charge in [0.15, 0.2) is 0 Å². The third kappa shape index (κ3) is 2.19. The zero-order chi connectivity index (χ0) is 8.43. The summed E-state index contributed by atoms with van der Waals surface area (Å²) in [4.78, 5) is 13.0. The summed E-state index contributed by atoms with van der Waals surface area (Å²) < 4.78 is 0. The van der Waals surface area contributed by atoms with Gasteiger partial charge < -0.3 is 10.2 Å². The Morgan fingerprint density at radius 3 is 2.55 bits per heavy atom. The highest BCUT2D eigenvalue weighted by Crippen LogP contribution is 2.13. The first-order valence-corrected chi connectivity index (χ1v) is 4.05. The zero-order valence-corrected chi connectivity index (χ0v) is 7.42. The summed E-state index contributed by atoms with van der Waals surface area (Å²) in [6, 6.07) is 0.359. The molecule has 3 nitrogen and oxygen atoms in total. The lowest BCUT2D eigenvalue weighted by Crippen LogP contribution is -2.38. The molecule has 0 aromatic carbocycles. The molecule has 0 aromatic heterocycles. The van der Waals surface area contributed by atoms with E-state index >= 15 is 0 Å². The zero-order valence-electron chi connectivity index (χ0n) is 7.42. The van der Waals surface area contributed by atoms with E-state index in [1.54, 1.807) is 6.92 Å². The first-order chi connectivity index (χ1) is 5.09. The topological polar surface area (TPSA) is 32.3 Å². The molecule has 0 aliphatic carbocycles. The van der Waals surface area contributed by atoms with Gasteiger partial charge in [-0.05, 0) is 13.0 Å². The molecule has 64 valence electrons. The average molecular weight is 156 g/mol. The van der Waals surface area contributed by atoms with Crippen molar-refractivity contribution in [2.24, 2.45) is 5.92 Å². The molecule has 0 bridgehead atoms. The third-order valence-electron chi connectivity index (χ3n) is 2.18. The van der Waals surface area contributed by atoms with E-state index in [9.17, 15) is 4.79 Å². The molecule has 1 heterocycles. The van der Waals surface area contributed by atoms with Crippen molar-refractivity contribution in [1.82, 2.24) is 10.2 Å². The number of nitrogens with one attached hydrogen (secondary N) is 1. The van der Waals surface area contributed by atoms with E-state index in [2.05, 4.69) is 24.2 Å². The molecule has 1 aliphatic heterocycles. The molecular formula is C8H16N2O. The monoisotopic (exact) mass is 156 g/mol. The molecule has 11 heavy (non-hydrogen) atoms. The van der Waals surface area contributed by atoms with Crippen molar-refractivity contribution in [3.8, 4) is 0 Å². The van der Waals surface area contributed by atoms with Crippen molar-refractivity contribution in [3.63, 3.8) is 0 Å². The minimum Gasteiger partial charge on any atom is -0.352 e. The number of carbonyl (C=O) groups is 1. The highest BCUT2D eigenvalue weighted by atomic mass is 16.1. The summed E-state index contributed by atoms with van der Waals surface area (Å²) in [5, 5.41) is 2.94. The molecule has 1 amide bonds. The van der Waals surface area contributed by atoms with Gasteiger partial charge in [-0.1, -0.05) is 6.92 Å². The summed E-state index contributed by atoms with van der Waals surface area (Å²) >= 11 is 0. The number of rotatable bonds is 1. The number of amides is 1. The van der Waals surface area contributed by atoms with Crippen molar-refractivity contribution in [3.05, 3.63) is 0 Å². The predicted molar refractivity (Wildman–Crippen MR) is 44.3 cm³/mol. The van der Waals surface area contributed by atoms with Crippen LogP contribution in [0.3, 0.4) is 0 Å². The van der Waals surface area contributed by atoms with Crippen molar-refractivity contribution >= 4 is 5.91 Å². The van der Waals surface area contributed by atoms with Gasteiger partial charge in [-0.25, -0.2) is 0 Å². The average Bonchev–Trinajstić information content (AvgIpc) is 2.09. The van der Waals surface area contributed by atoms with Crippen LogP contribution in [0.4, 0.5) is 0 Å². The Bertz CT molecular complexity index is 158. The van der Waals surface area contributed by atoms with Gasteiger partial charge in [-0.2, -0.15) is 0 Å². The molecular weight excluding hydrogens is 140 g/mol. The summed E-state index contributed by atoms with van der Waals surface area (Å²) in [7, 11) is 2.08. The minimum absolute atomic E-state index is 0.0807. The molecule has 1 N–H and O–H groups in total. The number of hydrogen-bond donors (Lipinski definition) is 1. The molecule has 1 fully saturated rings. The Morgan fingerprint density at radius 2 is 2.18 bits per heavy atom. The van der Waals surface area contributed by atoms with Gasteiger partial charge in [0.1, 0.15) is 0 Å². The number of likely N-dealkylation sites (N-methyl/N-ethyl adjacent to an activating group) is 1. The molecule has 0 saturated carbocycles. The smallest absolute Gasteiger partial charge is 0.217 e. The van der Waals surface area contributed by atoms with E-state index in [1.807, 2.05) is 0 Å². The van der Waals surface area contributed by atoms with Crippen LogP contribution in [0.25, 0.3) is 0 Å². The second-order valence-electron chi connectivity index (χ2n) is 3.51. The van der Waals surface area contributed by atoms with Crippen molar-refractivity contribution < 1.29 is 4.79 Å². The summed E-state index contributed by atoms with van der Waals surface area (Å²) in [5.41, 5.74) is 0. The van der Waals surface area contributed by atoms with Gasteiger partial charge in [0, 0.05) is 26.1 Å². The van der Waals surface area contributed by atoms with Gasteiger partial charge in [0.2, 0.25) is 5.91 Å². The molecule has 1 saturated heterocycles. The predicted octanol–water partition coefficient (Wildman–Crippen LogP) is 0.0726. The fraction of sp³-hybridized carbons (Fsp3) is 0.875. The van der Waals surface area contributed by atoms with Gasteiger partial charge in [-0.15, -0.1) is 0 Å². The highest BCUT2D eigenvalue weighted by molar-refractivity contribution is 5.73. The molecule has 0 spiro atoms. The quantitative estimate of drug-likeness (QED) is 0.583. The standard InChI is InChI=1S/C8H16N2O/c1-6-4-10(3)5-8(6)9-7(2)11/h6,8H,4-5H2,1-3H3,(H,9,11)/t6?,8-/m0/s1. The fourth-order valence-electron chi connectivity index (χ4n) is 1.66. The summed E-state index contributed by atoms with van der Waals surface area (Å²) in [6.45, 7) is 5.82. The Morgan fingerprint density at radius 1 is 1.55 bits per heavy atom. The van der Waals surface area contributed by atoms with E-state index in [1.165, 1.54) is 0 Å². The van der Waals surface area contributed by atoms with E-state index in [-0.39, 0.29) is 5.91 Å². The first-order valence-electron chi connectivity index (χ1n) is 4.05. The van der Waals surface area contributed by atoms with Crippen LogP contribution in [-0.2, 0) is 4.79 Å². The Labute approximate surface area is 67.8 Å². The Hall–Kier alpha value is -0.570. The third-order valence-corrected chi connectivity index (χ3v) is 2.18. The van der Waals surface area contributed by atoms with Crippen LogP contribution >= 0.6 is 0 Å². The van der Waals surface area contributed by atoms with Crippen LogP contribution in [0.2, 0.25) is 0 Å². The van der Waals surface area contributed by atoms with Crippen LogP contribution in [0, 0.1) is 5.92 Å². The second kappa shape index (κ2) is 3.22. The molecule has 1 aliphatic rings. The molecule has 1 rings (SSSR count). The van der Waals surface area contributed by atoms with Crippen molar-refractivity contribution in [2.75, 3.05) is 20.1 Å². The number of nitrogens with zero attached hydrogens (tertiary/aromatic N) is 1. The number of likely N-dealkylation sites (tertiary alicyclic amines) is 1. The van der Waals surface area contributed by atoms with Gasteiger partial charge in [-0.3, -0.25) is 4.79 Å². The van der Waals surface area contributed by atoms with E-state index in [0.29, 0.717) is 12.0 Å². The minimum atomic E-state index is 0.0807. The van der Waals surface area contributed by atoms with Crippen LogP contribution in [-0.4, -0.2) is 37.0 Å². The fourth-order valence-corrected chi connectivity index (χ4v) is 1.66. The van der Waals surface area contributed by atoms with Crippen LogP contribution in [0.5, 0.6) is 0 Å². The first kappa shape index (κ1) is 8.53. The molecule has 1 unspecified atom stereocenters. The SMILES string of the molecule is CC(=O)N[C@H]1CN(C)CC1C. The molecule has 3 heteroatoms. The largest absolute Gasteiger partial charge is 0.352 e. The van der Waals surface area contributed by atoms with Crippen LogP contribution in [0.15, 0.2) is 0 Å². The number of carbonyl (C=O) groups excluding carboxylic acids is 1. The lowest BCUT2D eigenvalue weighted by Gasteiger charge is -2.14. The van der Waals surface area contributed by atoms with Crippen molar-refractivity contribution in [1.29, 1.82) is 0 Å². The lowest BCUT2D eigenvalue weighted by molar-refractivity contribution is -0.119. The molecule has 0 aromatic rings. The van der Waals surface area contributed by atoms with Gasteiger partial charge in [0.25, 0.3) is 0 Å². The Kier molecular flexibility index (Phi) is 2.49. The van der Waals surface area contributed by atoms with E-state index in [4.69, 9.17) is 0 Å². The van der Waals surface area contributed by atoms with Gasteiger partial charge in [0.05, 0.1) is 0 Å². The van der Waals surface area contributed by atoms with Crippen LogP contribution < -0.4 is 5.32 Å². The normalized spacial score (nSPS) is 32.3. The van der Waals surface area contributed by atoms with Gasteiger partial charge >= 0.3 is 0 Å². The maximum absolute atomic E-state index is 10.7. The lowest BCUT2D eigenvalue weighted by atomic mass is 10.1. The molecule has 0 radical (unpaired) electrons. The number of hydrogen-bond acceptors (Lipinski definition) is 2. The highest BCUT2D eigenvalue weighted by Gasteiger charge is 2.27. The Balaban J connectivity index is 2.40. The maximum Gasteiger partial charge on any atom is 0.217 e. The van der Waals surface area contributed by atoms with E-state index < -0.39 is 0 Å². The second-order valence-corrected chi connectivity index (χ2v) is 3.51. The summed E-state index contributed by atoms with van der Waals surface area (Å²) in [6.07, 6.45) is 0. The molecule has 2 atom stereocenters. The van der Waals surface area contributed by atoms with Crippen molar-refractivity contribution in [2.45, 2.75) is 19.9 Å². The maximum atomic E-state index is 10.7. The van der Waals surface area contributed by atoms with Crippen LogP contribution in [0.1, 0.15) is 13.8 Å².